The molecule has 4 aromatic rings. The van der Waals surface area contributed by atoms with Gasteiger partial charge >= 0.3 is 0 Å². The average Bonchev–Trinajstić information content (AvgIpc) is 3.14. The van der Waals surface area contributed by atoms with Crippen LogP contribution in [0.2, 0.25) is 5.02 Å². The van der Waals surface area contributed by atoms with Crippen molar-refractivity contribution in [1.82, 2.24) is 30.0 Å². The van der Waals surface area contributed by atoms with Gasteiger partial charge in [-0.05, 0) is 71.4 Å². The summed E-state index contributed by atoms with van der Waals surface area (Å²) in [4.78, 5) is 13.1. The van der Waals surface area contributed by atoms with Crippen LogP contribution in [-0.2, 0) is 0 Å². The van der Waals surface area contributed by atoms with Crippen LogP contribution in [-0.4, -0.2) is 30.0 Å². The quantitative estimate of drug-likeness (QED) is 0.511. The summed E-state index contributed by atoms with van der Waals surface area (Å²) < 4.78 is 2.88. The highest BCUT2D eigenvalue weighted by Crippen LogP contribution is 2.30. The number of aromatic nitrogens is 6. The molecule has 9 heteroatoms. The molecular weight excluding hydrogens is 396 g/mol. The Morgan fingerprint density at radius 3 is 2.39 bits per heavy atom. The maximum atomic E-state index is 12.7. The van der Waals surface area contributed by atoms with E-state index in [2.05, 4.69) is 26.7 Å². The molecule has 0 aliphatic carbocycles. The van der Waals surface area contributed by atoms with E-state index in [-0.39, 0.29) is 5.02 Å². The van der Waals surface area contributed by atoms with Gasteiger partial charge in [-0.1, -0.05) is 35.9 Å². The average molecular weight is 411 g/mol. The van der Waals surface area contributed by atoms with E-state index in [1.165, 1.54) is 16.4 Å². The Labute approximate surface area is 170 Å². The van der Waals surface area contributed by atoms with Crippen molar-refractivity contribution in [2.45, 2.75) is 23.9 Å². The number of hydrogen-bond acceptors (Lipinski definition) is 6. The van der Waals surface area contributed by atoms with Crippen molar-refractivity contribution in [3.05, 3.63) is 81.2 Å². The van der Waals surface area contributed by atoms with Crippen molar-refractivity contribution in [3.8, 4) is 11.4 Å². The summed E-state index contributed by atoms with van der Waals surface area (Å²) in [5.74, 6) is 0. The van der Waals surface area contributed by atoms with Crippen molar-refractivity contribution >= 4 is 23.4 Å². The predicted octanol–water partition coefficient (Wildman–Crippen LogP) is 3.63. The molecule has 0 atom stereocenters. The molecule has 7 nitrogen and oxygen atoms in total. The van der Waals surface area contributed by atoms with Crippen LogP contribution in [0.4, 0.5) is 0 Å². The molecule has 2 aromatic heterocycles. The standard InChI is InChI=1S/C19H15ClN6OS/c1-12-8-13(2)10-15(9-12)26-19(22-23-24-26)28-16-11-21-25(18(27)17(16)20)14-6-4-3-5-7-14/h3-11H,1-2H3. The Morgan fingerprint density at radius 1 is 0.964 bits per heavy atom. The first-order valence-corrected chi connectivity index (χ1v) is 9.60. The van der Waals surface area contributed by atoms with E-state index in [0.29, 0.717) is 15.7 Å². The smallest absolute Gasteiger partial charge is 0.266 e. The first kappa shape index (κ1) is 18.4. The summed E-state index contributed by atoms with van der Waals surface area (Å²) in [6.07, 6.45) is 1.54. The number of nitrogens with zero attached hydrogens (tertiary/aromatic N) is 6. The van der Waals surface area contributed by atoms with Gasteiger partial charge in [-0.25, -0.2) is 0 Å². The van der Waals surface area contributed by atoms with Crippen molar-refractivity contribution in [2.75, 3.05) is 0 Å². The molecule has 2 heterocycles. The maximum Gasteiger partial charge on any atom is 0.291 e. The summed E-state index contributed by atoms with van der Waals surface area (Å²) in [7, 11) is 0. The molecule has 0 amide bonds. The van der Waals surface area contributed by atoms with Crippen LogP contribution in [0, 0.1) is 13.8 Å². The van der Waals surface area contributed by atoms with E-state index in [1.54, 1.807) is 23.0 Å². The highest BCUT2D eigenvalue weighted by atomic mass is 35.5. The second kappa shape index (κ2) is 7.57. The fraction of sp³-hybridized carbons (Fsp3) is 0.105. The van der Waals surface area contributed by atoms with E-state index < -0.39 is 5.56 Å². The van der Waals surface area contributed by atoms with Gasteiger partial charge in [0.25, 0.3) is 5.56 Å². The third-order valence-electron chi connectivity index (χ3n) is 3.98. The minimum absolute atomic E-state index is 0.0684. The fourth-order valence-electron chi connectivity index (χ4n) is 2.82. The van der Waals surface area contributed by atoms with E-state index >= 15 is 0 Å². The van der Waals surface area contributed by atoms with Gasteiger partial charge < -0.3 is 0 Å². The number of halogens is 1. The lowest BCUT2D eigenvalue weighted by atomic mass is 10.1. The van der Waals surface area contributed by atoms with Gasteiger partial charge in [-0.2, -0.15) is 14.5 Å². The number of tetrazole rings is 1. The minimum atomic E-state index is -0.400. The zero-order chi connectivity index (χ0) is 19.7. The SMILES string of the molecule is Cc1cc(C)cc(-n2nnnc2Sc2cnn(-c3ccccc3)c(=O)c2Cl)c1. The van der Waals surface area contributed by atoms with Crippen LogP contribution in [0.25, 0.3) is 11.4 Å². The highest BCUT2D eigenvalue weighted by Gasteiger charge is 2.16. The van der Waals surface area contributed by atoms with Crippen LogP contribution in [0.1, 0.15) is 11.1 Å². The Kier molecular flexibility index (Phi) is 4.97. The Morgan fingerprint density at radius 2 is 1.68 bits per heavy atom. The number of para-hydroxylation sites is 1. The molecule has 0 saturated carbocycles. The summed E-state index contributed by atoms with van der Waals surface area (Å²) in [6, 6.07) is 15.2. The summed E-state index contributed by atoms with van der Waals surface area (Å²) in [5, 5.41) is 16.7. The molecule has 0 aliphatic rings. The molecule has 0 bridgehead atoms. The first-order chi connectivity index (χ1) is 13.5. The summed E-state index contributed by atoms with van der Waals surface area (Å²) in [5.41, 5.74) is 3.29. The summed E-state index contributed by atoms with van der Waals surface area (Å²) >= 11 is 7.53. The molecule has 0 aliphatic heterocycles. The Balaban J connectivity index is 1.71. The normalized spacial score (nSPS) is 11.0. The molecule has 0 radical (unpaired) electrons. The van der Waals surface area contributed by atoms with Gasteiger partial charge in [0, 0.05) is 0 Å². The number of benzene rings is 2. The highest BCUT2D eigenvalue weighted by molar-refractivity contribution is 7.99. The van der Waals surface area contributed by atoms with E-state index in [0.717, 1.165) is 16.8 Å². The van der Waals surface area contributed by atoms with Crippen molar-refractivity contribution in [2.24, 2.45) is 0 Å². The van der Waals surface area contributed by atoms with Crippen LogP contribution in [0.5, 0.6) is 0 Å². The van der Waals surface area contributed by atoms with Gasteiger partial charge in [0.1, 0.15) is 5.02 Å². The van der Waals surface area contributed by atoms with Gasteiger partial charge in [0.15, 0.2) is 0 Å². The molecule has 0 spiro atoms. The lowest BCUT2D eigenvalue weighted by Crippen LogP contribution is -2.21. The van der Waals surface area contributed by atoms with Gasteiger partial charge in [-0.3, -0.25) is 4.79 Å². The van der Waals surface area contributed by atoms with Crippen LogP contribution >= 0.6 is 23.4 Å². The monoisotopic (exact) mass is 410 g/mol. The zero-order valence-corrected chi connectivity index (χ0v) is 16.6. The molecule has 4 rings (SSSR count). The molecule has 140 valence electrons. The maximum absolute atomic E-state index is 12.7. The largest absolute Gasteiger partial charge is 0.291 e. The van der Waals surface area contributed by atoms with Crippen molar-refractivity contribution in [1.29, 1.82) is 0 Å². The van der Waals surface area contributed by atoms with Gasteiger partial charge in [0.2, 0.25) is 5.16 Å². The van der Waals surface area contributed by atoms with Gasteiger partial charge in [0.05, 0.1) is 22.5 Å². The van der Waals surface area contributed by atoms with E-state index in [9.17, 15) is 4.79 Å². The second-order valence-electron chi connectivity index (χ2n) is 6.20. The molecule has 2 aromatic carbocycles. The first-order valence-electron chi connectivity index (χ1n) is 8.41. The van der Waals surface area contributed by atoms with Gasteiger partial charge in [-0.15, -0.1) is 5.10 Å². The third kappa shape index (κ3) is 3.56. The summed E-state index contributed by atoms with van der Waals surface area (Å²) in [6.45, 7) is 4.02. The van der Waals surface area contributed by atoms with Crippen LogP contribution < -0.4 is 5.56 Å². The Bertz CT molecular complexity index is 1180. The van der Waals surface area contributed by atoms with E-state index in [1.807, 2.05) is 44.2 Å². The Hall–Kier alpha value is -2.97. The predicted molar refractivity (Wildman–Crippen MR) is 108 cm³/mol. The molecule has 0 fully saturated rings. The number of rotatable bonds is 4. The van der Waals surface area contributed by atoms with Crippen molar-refractivity contribution in [3.63, 3.8) is 0 Å². The zero-order valence-electron chi connectivity index (χ0n) is 15.1. The molecule has 0 N–H and O–H groups in total. The molecular formula is C19H15ClN6OS. The topological polar surface area (TPSA) is 78.5 Å². The third-order valence-corrected chi connectivity index (χ3v) is 5.42. The lowest BCUT2D eigenvalue weighted by Gasteiger charge is -2.09. The number of hydrogen-bond donors (Lipinski definition) is 0. The minimum Gasteiger partial charge on any atom is -0.266 e. The van der Waals surface area contributed by atoms with Crippen LogP contribution in [0.3, 0.4) is 0 Å². The molecule has 0 saturated heterocycles. The molecule has 0 unspecified atom stereocenters. The van der Waals surface area contributed by atoms with E-state index in [4.69, 9.17) is 11.6 Å². The number of aryl methyl sites for hydroxylation is 2. The lowest BCUT2D eigenvalue weighted by molar-refractivity contribution is 0.753. The van der Waals surface area contributed by atoms with Crippen molar-refractivity contribution < 1.29 is 0 Å². The van der Waals surface area contributed by atoms with Crippen LogP contribution in [0.15, 0.2) is 69.6 Å². The molecule has 28 heavy (non-hydrogen) atoms. The fourth-order valence-corrected chi connectivity index (χ4v) is 3.84. The second-order valence-corrected chi connectivity index (χ2v) is 7.58.